The molecule has 2 saturated heterocycles. The lowest BCUT2D eigenvalue weighted by molar-refractivity contribution is -0.198. The van der Waals surface area contributed by atoms with Crippen LogP contribution in [0.15, 0.2) is 76.5 Å². The zero-order valence-corrected chi connectivity index (χ0v) is 31.3. The number of allylic oxidation sites excluding steroid dienone is 2. The minimum Gasteiger partial charge on any atom is -0.464 e. The van der Waals surface area contributed by atoms with Gasteiger partial charge in [-0.3, -0.25) is 9.89 Å². The number of aliphatic imine (C=N–C) groups is 1. The molecule has 1 unspecified atom stereocenters. The third-order valence-corrected chi connectivity index (χ3v) is 10.1. The van der Waals surface area contributed by atoms with Crippen LogP contribution in [-0.4, -0.2) is 86.3 Å². The smallest absolute Gasteiger partial charge is 0.429 e. The zero-order valence-electron chi connectivity index (χ0n) is 29.8. The van der Waals surface area contributed by atoms with Crippen LogP contribution < -0.4 is 15.4 Å². The summed E-state index contributed by atoms with van der Waals surface area (Å²) in [5.41, 5.74) is 5.67. The predicted molar refractivity (Wildman–Crippen MR) is 194 cm³/mol. The van der Waals surface area contributed by atoms with Crippen LogP contribution in [0.25, 0.3) is 0 Å². The van der Waals surface area contributed by atoms with E-state index in [1.165, 1.54) is 29.3 Å². The minimum atomic E-state index is -5.00. The van der Waals surface area contributed by atoms with Crippen molar-refractivity contribution in [3.63, 3.8) is 0 Å². The van der Waals surface area contributed by atoms with E-state index in [1.807, 2.05) is 30.3 Å². The molecule has 0 aliphatic carbocycles. The van der Waals surface area contributed by atoms with Crippen molar-refractivity contribution in [2.24, 2.45) is 16.1 Å². The molecule has 0 radical (unpaired) electrons. The highest BCUT2D eigenvalue weighted by Gasteiger charge is 2.51. The maximum atomic E-state index is 14.7. The Morgan fingerprint density at radius 3 is 2.44 bits per heavy atom. The third kappa shape index (κ3) is 9.99. The van der Waals surface area contributed by atoms with Gasteiger partial charge in [-0.25, -0.2) is 23.0 Å². The fourth-order valence-electron chi connectivity index (χ4n) is 6.37. The summed E-state index contributed by atoms with van der Waals surface area (Å²) in [7, 11) is -4.12. The Labute approximate surface area is 315 Å². The summed E-state index contributed by atoms with van der Waals surface area (Å²) < 4.78 is 85.6. The molecule has 1 aromatic heterocycles. The van der Waals surface area contributed by atoms with E-state index in [1.54, 1.807) is 18.7 Å². The van der Waals surface area contributed by atoms with Crippen LogP contribution in [0.5, 0.6) is 5.88 Å². The summed E-state index contributed by atoms with van der Waals surface area (Å²) in [5.74, 6) is -1.17. The van der Waals surface area contributed by atoms with Gasteiger partial charge in [-0.15, -0.1) is 0 Å². The molecule has 54 heavy (non-hydrogen) atoms. The number of rotatable bonds is 11. The average molecular weight is 793 g/mol. The number of carbonyl (C=O) groups is 2. The molecular formula is C36H40ClF3N6O7S. The standard InChI is InChI=1S/C36H40ClF3N6O7S/c1-4-51-32(47)28-20-35(22-46(28)34(48)52-21-24-8-6-5-7-9-24)13-16-45(17-14-35)29-19-30(44-33(43-29)54(3,49)50)53-31(36(38,39)40)26-11-10-25(37)18-27(26)42-15-12-23(2)41/h5-12,15,18-19,28,31H,4,13-14,16-17,20-22,41H2,1-3H3/t28?,31-/m1/s1. The molecule has 3 aromatic rings. The molecule has 2 fully saturated rings. The molecule has 13 nitrogen and oxygen atoms in total. The Morgan fingerprint density at radius 1 is 1.11 bits per heavy atom. The fraction of sp³-hybridized carbons (Fsp3) is 0.417. The number of esters is 1. The Hall–Kier alpha value is -4.90. The maximum absolute atomic E-state index is 14.7. The Morgan fingerprint density at radius 2 is 1.81 bits per heavy atom. The number of nitrogens with two attached hydrogens (primary N) is 1. The number of halogens is 4. The quantitative estimate of drug-likeness (QED) is 0.131. The molecule has 0 saturated carbocycles. The first-order chi connectivity index (χ1) is 25.5. The van der Waals surface area contributed by atoms with Gasteiger partial charge in [0.25, 0.3) is 5.16 Å². The Balaban J connectivity index is 1.39. The first-order valence-corrected chi connectivity index (χ1v) is 19.2. The molecule has 2 N–H and O–H groups in total. The number of sulfone groups is 1. The molecular weight excluding hydrogens is 753 g/mol. The number of carbonyl (C=O) groups excluding carboxylic acids is 2. The number of hydrogen-bond donors (Lipinski definition) is 1. The minimum absolute atomic E-state index is 0.0142. The first kappa shape index (κ1) is 40.3. The van der Waals surface area contributed by atoms with Gasteiger partial charge < -0.3 is 24.8 Å². The molecule has 18 heteroatoms. The number of nitrogens with zero attached hydrogens (tertiary/aromatic N) is 5. The number of likely N-dealkylation sites (tertiary alicyclic amines) is 1. The first-order valence-electron chi connectivity index (χ1n) is 17.0. The van der Waals surface area contributed by atoms with Crippen molar-refractivity contribution in [3.05, 3.63) is 82.5 Å². The molecule has 2 aliphatic rings. The largest absolute Gasteiger partial charge is 0.464 e. The molecule has 0 bridgehead atoms. The lowest BCUT2D eigenvalue weighted by Crippen LogP contribution is -2.43. The second-order valence-corrected chi connectivity index (χ2v) is 15.5. The normalized spacial score (nSPS) is 18.2. The fourth-order valence-corrected chi connectivity index (χ4v) is 7.05. The van der Waals surface area contributed by atoms with E-state index in [-0.39, 0.29) is 49.4 Å². The maximum Gasteiger partial charge on any atom is 0.429 e. The Bertz CT molecular complexity index is 2000. The molecule has 290 valence electrons. The van der Waals surface area contributed by atoms with Crippen molar-refractivity contribution in [1.29, 1.82) is 0 Å². The Kier molecular flexibility index (Phi) is 12.4. The van der Waals surface area contributed by atoms with E-state index in [0.29, 0.717) is 25.0 Å². The molecule has 3 heterocycles. The van der Waals surface area contributed by atoms with Crippen LogP contribution in [0.4, 0.5) is 29.5 Å². The highest BCUT2D eigenvalue weighted by Crippen LogP contribution is 2.46. The van der Waals surface area contributed by atoms with Crippen LogP contribution in [-0.2, 0) is 30.7 Å². The topological polar surface area (TPSA) is 167 Å². The number of aromatic nitrogens is 2. The van der Waals surface area contributed by atoms with Crippen molar-refractivity contribution in [2.75, 3.05) is 37.4 Å². The van der Waals surface area contributed by atoms with Gasteiger partial charge in [0, 0.05) is 54.5 Å². The number of piperidine rings is 1. The van der Waals surface area contributed by atoms with Crippen LogP contribution in [0.1, 0.15) is 50.3 Å². The van der Waals surface area contributed by atoms with E-state index in [9.17, 15) is 31.2 Å². The van der Waals surface area contributed by atoms with Gasteiger partial charge in [-0.05, 0) is 62.3 Å². The average Bonchev–Trinajstić information content (AvgIpc) is 3.48. The second-order valence-electron chi connectivity index (χ2n) is 13.2. The summed E-state index contributed by atoms with van der Waals surface area (Å²) in [5, 5.41) is -0.612. The summed E-state index contributed by atoms with van der Waals surface area (Å²) in [4.78, 5) is 41.5. The summed E-state index contributed by atoms with van der Waals surface area (Å²) in [6.45, 7) is 4.10. The second kappa shape index (κ2) is 16.6. The molecule has 5 rings (SSSR count). The van der Waals surface area contributed by atoms with E-state index in [0.717, 1.165) is 24.0 Å². The van der Waals surface area contributed by atoms with Crippen LogP contribution in [0.3, 0.4) is 0 Å². The number of benzene rings is 2. The predicted octanol–water partition coefficient (Wildman–Crippen LogP) is 6.34. The van der Waals surface area contributed by atoms with Gasteiger partial charge in [-0.1, -0.05) is 48.0 Å². The van der Waals surface area contributed by atoms with Gasteiger partial charge in [0.05, 0.1) is 12.3 Å². The lowest BCUT2D eigenvalue weighted by Gasteiger charge is -2.39. The number of anilines is 1. The number of hydrogen-bond acceptors (Lipinski definition) is 12. The summed E-state index contributed by atoms with van der Waals surface area (Å²) in [6.07, 6.45) is -3.70. The van der Waals surface area contributed by atoms with Gasteiger partial charge in [0.1, 0.15) is 18.5 Å². The van der Waals surface area contributed by atoms with E-state index < -0.39 is 62.2 Å². The van der Waals surface area contributed by atoms with E-state index >= 15 is 0 Å². The van der Waals surface area contributed by atoms with Crippen molar-refractivity contribution < 1.29 is 45.4 Å². The number of alkyl halides is 3. The van der Waals surface area contributed by atoms with Crippen molar-refractivity contribution in [1.82, 2.24) is 14.9 Å². The number of amides is 1. The van der Waals surface area contributed by atoms with Gasteiger partial charge >= 0.3 is 18.2 Å². The van der Waals surface area contributed by atoms with Gasteiger partial charge in [-0.2, -0.15) is 18.2 Å². The third-order valence-electron chi connectivity index (χ3n) is 9.02. The highest BCUT2D eigenvalue weighted by molar-refractivity contribution is 7.90. The van der Waals surface area contributed by atoms with Gasteiger partial charge in [0.15, 0.2) is 0 Å². The summed E-state index contributed by atoms with van der Waals surface area (Å²) >= 11 is 6.08. The van der Waals surface area contributed by atoms with E-state index in [4.69, 9.17) is 31.5 Å². The van der Waals surface area contributed by atoms with Crippen LogP contribution in [0.2, 0.25) is 5.02 Å². The van der Waals surface area contributed by atoms with Crippen molar-refractivity contribution in [3.8, 4) is 5.88 Å². The molecule has 2 atom stereocenters. The monoisotopic (exact) mass is 792 g/mol. The molecule has 2 aromatic carbocycles. The highest BCUT2D eigenvalue weighted by atomic mass is 35.5. The van der Waals surface area contributed by atoms with Crippen molar-refractivity contribution in [2.45, 2.75) is 63.2 Å². The molecule has 2 aliphatic heterocycles. The summed E-state index contributed by atoms with van der Waals surface area (Å²) in [6, 6.07) is 13.0. The van der Waals surface area contributed by atoms with Crippen LogP contribution in [0, 0.1) is 5.41 Å². The SMILES string of the molecule is CCOC(=O)C1CC2(CCN(c3cc(O[C@H](c4ccc(Cl)cc4N=CC=C(C)N)C(F)(F)F)nc(S(C)(=O)=O)n3)CC2)CN1C(=O)OCc1ccccc1. The zero-order chi connectivity index (χ0) is 39.3. The number of ether oxygens (including phenoxy) is 3. The van der Waals surface area contributed by atoms with Crippen LogP contribution >= 0.6 is 11.6 Å². The lowest BCUT2D eigenvalue weighted by atomic mass is 9.76. The molecule has 1 amide bonds. The van der Waals surface area contributed by atoms with E-state index in [2.05, 4.69) is 15.0 Å². The molecule has 1 spiro atoms. The van der Waals surface area contributed by atoms with Crippen molar-refractivity contribution >= 4 is 51.2 Å². The van der Waals surface area contributed by atoms with Gasteiger partial charge in [0.2, 0.25) is 21.8 Å².